The van der Waals surface area contributed by atoms with Crippen molar-refractivity contribution in [1.82, 2.24) is 10.2 Å². The minimum atomic E-state index is 0.195. The molecule has 1 aromatic rings. The van der Waals surface area contributed by atoms with Crippen LogP contribution in [0.4, 0.5) is 0 Å². The Balaban J connectivity index is 2.18. The lowest BCUT2D eigenvalue weighted by molar-refractivity contribution is -0.129. The topological polar surface area (TPSA) is 32.3 Å². The van der Waals surface area contributed by atoms with E-state index < -0.39 is 0 Å². The molecule has 0 aliphatic carbocycles. The van der Waals surface area contributed by atoms with E-state index >= 15 is 0 Å². The average Bonchev–Trinajstić information content (AvgIpc) is 2.46. The van der Waals surface area contributed by atoms with E-state index in [2.05, 4.69) is 12.2 Å². The molecule has 1 aromatic carbocycles. The van der Waals surface area contributed by atoms with E-state index in [9.17, 15) is 4.79 Å². The first kappa shape index (κ1) is 18.3. The van der Waals surface area contributed by atoms with Crippen molar-refractivity contribution in [2.75, 3.05) is 26.7 Å². The van der Waals surface area contributed by atoms with Gasteiger partial charge in [-0.2, -0.15) is 0 Å². The lowest BCUT2D eigenvalue weighted by Gasteiger charge is -2.16. The predicted octanol–water partition coefficient (Wildman–Crippen LogP) is 3.77. The van der Waals surface area contributed by atoms with Gasteiger partial charge in [-0.25, -0.2) is 0 Å². The smallest absolute Gasteiger partial charge is 0.223 e. The number of unbranched alkanes of at least 4 members (excludes halogenated alkanes) is 1. The lowest BCUT2D eigenvalue weighted by Crippen LogP contribution is -2.31. The standard InChI is InChI=1S/C16H24Cl2N2O/c1-3-4-11-20(2)16(21)8-10-19-9-7-13-5-6-14(17)12-15(13)18/h5-6,12,19H,3-4,7-11H2,1-2H3. The first-order valence-corrected chi connectivity index (χ1v) is 8.18. The maximum absolute atomic E-state index is 11.8. The summed E-state index contributed by atoms with van der Waals surface area (Å²) >= 11 is 12.0. The Kier molecular flexibility index (Phi) is 8.74. The molecule has 0 fully saturated rings. The number of hydrogen-bond donors (Lipinski definition) is 1. The van der Waals surface area contributed by atoms with E-state index in [4.69, 9.17) is 23.2 Å². The second-order valence-corrected chi connectivity index (χ2v) is 6.00. The zero-order chi connectivity index (χ0) is 15.7. The average molecular weight is 331 g/mol. The molecule has 0 bridgehead atoms. The van der Waals surface area contributed by atoms with Crippen LogP contribution < -0.4 is 5.32 Å². The predicted molar refractivity (Wildman–Crippen MR) is 90.2 cm³/mol. The van der Waals surface area contributed by atoms with Crippen molar-refractivity contribution in [3.8, 4) is 0 Å². The number of carbonyl (C=O) groups is 1. The third kappa shape index (κ3) is 7.16. The lowest BCUT2D eigenvalue weighted by atomic mass is 10.1. The van der Waals surface area contributed by atoms with Gasteiger partial charge in [0.15, 0.2) is 0 Å². The number of benzene rings is 1. The molecule has 0 heterocycles. The van der Waals surface area contributed by atoms with Gasteiger partial charge < -0.3 is 10.2 Å². The molecule has 3 nitrogen and oxygen atoms in total. The van der Waals surface area contributed by atoms with Crippen molar-refractivity contribution in [2.45, 2.75) is 32.6 Å². The van der Waals surface area contributed by atoms with Crippen LogP contribution in [0.1, 0.15) is 31.7 Å². The van der Waals surface area contributed by atoms with Gasteiger partial charge in [-0.1, -0.05) is 42.6 Å². The van der Waals surface area contributed by atoms with Gasteiger partial charge in [-0.15, -0.1) is 0 Å². The maximum Gasteiger partial charge on any atom is 0.223 e. The molecule has 0 atom stereocenters. The zero-order valence-electron chi connectivity index (χ0n) is 12.8. The summed E-state index contributed by atoms with van der Waals surface area (Å²) in [4.78, 5) is 13.6. The van der Waals surface area contributed by atoms with Crippen molar-refractivity contribution in [2.24, 2.45) is 0 Å². The molecule has 0 saturated heterocycles. The van der Waals surface area contributed by atoms with Gasteiger partial charge in [0, 0.05) is 36.6 Å². The number of rotatable bonds is 9. The number of amides is 1. The molecule has 1 rings (SSSR count). The summed E-state index contributed by atoms with van der Waals surface area (Å²) in [5, 5.41) is 4.62. The summed E-state index contributed by atoms with van der Waals surface area (Å²) in [6.07, 6.45) is 3.53. The Morgan fingerprint density at radius 2 is 2.05 bits per heavy atom. The van der Waals surface area contributed by atoms with Gasteiger partial charge in [0.25, 0.3) is 0 Å². The number of hydrogen-bond acceptors (Lipinski definition) is 2. The van der Waals surface area contributed by atoms with Crippen LogP contribution in [-0.2, 0) is 11.2 Å². The number of carbonyl (C=O) groups excluding carboxylic acids is 1. The third-order valence-corrected chi connectivity index (χ3v) is 3.96. The van der Waals surface area contributed by atoms with Crippen LogP contribution in [0.15, 0.2) is 18.2 Å². The van der Waals surface area contributed by atoms with Crippen LogP contribution in [0, 0.1) is 0 Å². The molecule has 0 aromatic heterocycles. The van der Waals surface area contributed by atoms with Gasteiger partial charge in [-0.05, 0) is 37.1 Å². The Hall–Kier alpha value is -0.770. The van der Waals surface area contributed by atoms with Crippen LogP contribution in [0.3, 0.4) is 0 Å². The Bertz CT molecular complexity index is 452. The molecule has 5 heteroatoms. The molecule has 1 amide bonds. The maximum atomic E-state index is 11.8. The highest BCUT2D eigenvalue weighted by molar-refractivity contribution is 6.35. The first-order valence-electron chi connectivity index (χ1n) is 7.43. The number of nitrogens with zero attached hydrogens (tertiary/aromatic N) is 1. The molecule has 0 saturated carbocycles. The third-order valence-electron chi connectivity index (χ3n) is 3.37. The van der Waals surface area contributed by atoms with Gasteiger partial charge in [0.2, 0.25) is 5.91 Å². The minimum absolute atomic E-state index is 0.195. The molecule has 21 heavy (non-hydrogen) atoms. The van der Waals surface area contributed by atoms with Crippen LogP contribution in [0.5, 0.6) is 0 Å². The molecular weight excluding hydrogens is 307 g/mol. The first-order chi connectivity index (χ1) is 10.0. The molecule has 0 radical (unpaired) electrons. The summed E-state index contributed by atoms with van der Waals surface area (Å²) in [5.41, 5.74) is 1.07. The highest BCUT2D eigenvalue weighted by atomic mass is 35.5. The van der Waals surface area contributed by atoms with Crippen molar-refractivity contribution in [3.05, 3.63) is 33.8 Å². The highest BCUT2D eigenvalue weighted by Gasteiger charge is 2.07. The molecule has 0 aliphatic heterocycles. The van der Waals surface area contributed by atoms with E-state index in [1.165, 1.54) is 0 Å². The zero-order valence-corrected chi connectivity index (χ0v) is 14.3. The normalized spacial score (nSPS) is 10.7. The number of halogens is 2. The van der Waals surface area contributed by atoms with Crippen LogP contribution in [-0.4, -0.2) is 37.5 Å². The highest BCUT2D eigenvalue weighted by Crippen LogP contribution is 2.20. The molecule has 118 valence electrons. The molecule has 0 unspecified atom stereocenters. The van der Waals surface area contributed by atoms with Crippen molar-refractivity contribution in [3.63, 3.8) is 0 Å². The van der Waals surface area contributed by atoms with Gasteiger partial charge in [0.05, 0.1) is 0 Å². The van der Waals surface area contributed by atoms with Gasteiger partial charge >= 0.3 is 0 Å². The van der Waals surface area contributed by atoms with Crippen LogP contribution >= 0.6 is 23.2 Å². The summed E-state index contributed by atoms with van der Waals surface area (Å²) in [6, 6.07) is 5.54. The summed E-state index contributed by atoms with van der Waals surface area (Å²) in [5.74, 6) is 0.195. The molecule has 0 aliphatic rings. The van der Waals surface area contributed by atoms with Crippen molar-refractivity contribution in [1.29, 1.82) is 0 Å². The Morgan fingerprint density at radius 1 is 1.29 bits per heavy atom. The Morgan fingerprint density at radius 3 is 2.71 bits per heavy atom. The fourth-order valence-electron chi connectivity index (χ4n) is 1.98. The fourth-order valence-corrected chi connectivity index (χ4v) is 2.48. The fraction of sp³-hybridized carbons (Fsp3) is 0.562. The molecule has 0 spiro atoms. The van der Waals surface area contributed by atoms with E-state index in [-0.39, 0.29) is 5.91 Å². The Labute approximate surface area is 137 Å². The minimum Gasteiger partial charge on any atom is -0.346 e. The van der Waals surface area contributed by atoms with E-state index in [1.54, 1.807) is 11.0 Å². The SMILES string of the molecule is CCCCN(C)C(=O)CCNCCc1ccc(Cl)cc1Cl. The second-order valence-electron chi connectivity index (χ2n) is 5.15. The summed E-state index contributed by atoms with van der Waals surface area (Å²) < 4.78 is 0. The van der Waals surface area contributed by atoms with Gasteiger partial charge in [0.1, 0.15) is 0 Å². The number of nitrogens with one attached hydrogen (secondary N) is 1. The second kappa shape index (κ2) is 10.0. The molecular formula is C16H24Cl2N2O. The van der Waals surface area contributed by atoms with Crippen molar-refractivity contribution >= 4 is 29.1 Å². The van der Waals surface area contributed by atoms with Crippen molar-refractivity contribution < 1.29 is 4.79 Å². The molecule has 1 N–H and O–H groups in total. The van der Waals surface area contributed by atoms with E-state index in [0.717, 1.165) is 37.9 Å². The van der Waals surface area contributed by atoms with E-state index in [1.807, 2.05) is 19.2 Å². The van der Waals surface area contributed by atoms with Gasteiger partial charge in [-0.3, -0.25) is 4.79 Å². The summed E-state index contributed by atoms with van der Waals surface area (Å²) in [7, 11) is 1.87. The van der Waals surface area contributed by atoms with E-state index in [0.29, 0.717) is 23.0 Å². The van der Waals surface area contributed by atoms with Crippen LogP contribution in [0.25, 0.3) is 0 Å². The van der Waals surface area contributed by atoms with Crippen LogP contribution in [0.2, 0.25) is 10.0 Å². The quantitative estimate of drug-likeness (QED) is 0.699. The monoisotopic (exact) mass is 330 g/mol. The largest absolute Gasteiger partial charge is 0.346 e. The summed E-state index contributed by atoms with van der Waals surface area (Å²) in [6.45, 7) is 4.46.